The molecule has 0 unspecified atom stereocenters. The molecule has 0 bridgehead atoms. The zero-order valence-corrected chi connectivity index (χ0v) is 10.1. The summed E-state index contributed by atoms with van der Waals surface area (Å²) in [5, 5.41) is 0. The Labute approximate surface area is 105 Å². The molecule has 1 heterocycles. The Morgan fingerprint density at radius 1 is 1.11 bits per heavy atom. The molecule has 1 amide bonds. The standard InChI is InChI=1S/C15H13NO2/c1-16-13-5-3-2-4-12(13)15(10-14(16)18)8-6-11(17)7-9-15/h2-9H,10H2,1H3. The Hall–Kier alpha value is -2.16. The van der Waals surface area contributed by atoms with Crippen LogP contribution >= 0.6 is 0 Å². The number of benzene rings is 1. The first-order chi connectivity index (χ1) is 8.62. The number of hydrogen-bond acceptors (Lipinski definition) is 2. The number of fused-ring (bicyclic) bond motifs is 2. The lowest BCUT2D eigenvalue weighted by molar-refractivity contribution is -0.119. The second kappa shape index (κ2) is 3.67. The van der Waals surface area contributed by atoms with Gasteiger partial charge in [-0.2, -0.15) is 0 Å². The molecule has 1 aromatic carbocycles. The molecular weight excluding hydrogens is 226 g/mol. The minimum absolute atomic E-state index is 0.0236. The highest BCUT2D eigenvalue weighted by atomic mass is 16.2. The fourth-order valence-electron chi connectivity index (χ4n) is 2.63. The lowest BCUT2D eigenvalue weighted by atomic mass is 9.72. The molecule has 0 atom stereocenters. The van der Waals surface area contributed by atoms with Crippen molar-refractivity contribution in [2.75, 3.05) is 11.9 Å². The third-order valence-electron chi connectivity index (χ3n) is 3.67. The Morgan fingerprint density at radius 3 is 2.50 bits per heavy atom. The van der Waals surface area contributed by atoms with E-state index in [9.17, 15) is 9.59 Å². The molecule has 0 saturated heterocycles. The van der Waals surface area contributed by atoms with Gasteiger partial charge in [0.2, 0.25) is 5.91 Å². The molecule has 0 saturated carbocycles. The van der Waals surface area contributed by atoms with Crippen LogP contribution in [0, 0.1) is 0 Å². The zero-order valence-electron chi connectivity index (χ0n) is 10.1. The highest BCUT2D eigenvalue weighted by molar-refractivity contribution is 6.03. The van der Waals surface area contributed by atoms with E-state index in [1.54, 1.807) is 24.1 Å². The van der Waals surface area contributed by atoms with E-state index < -0.39 is 5.41 Å². The molecule has 2 aliphatic rings. The van der Waals surface area contributed by atoms with Crippen molar-refractivity contribution in [1.82, 2.24) is 0 Å². The summed E-state index contributed by atoms with van der Waals surface area (Å²) in [4.78, 5) is 25.0. The molecule has 0 aromatic heterocycles. The fraction of sp³-hybridized carbons (Fsp3) is 0.200. The van der Waals surface area contributed by atoms with E-state index in [1.807, 2.05) is 36.4 Å². The van der Waals surface area contributed by atoms with Crippen molar-refractivity contribution in [2.45, 2.75) is 11.8 Å². The summed E-state index contributed by atoms with van der Waals surface area (Å²) in [6.07, 6.45) is 7.17. The number of allylic oxidation sites excluding steroid dienone is 4. The highest BCUT2D eigenvalue weighted by Crippen LogP contribution is 2.43. The molecule has 1 aliphatic carbocycles. The van der Waals surface area contributed by atoms with Gasteiger partial charge in [-0.25, -0.2) is 0 Å². The summed E-state index contributed by atoms with van der Waals surface area (Å²) in [5.41, 5.74) is 1.54. The van der Waals surface area contributed by atoms with E-state index in [-0.39, 0.29) is 11.7 Å². The molecule has 1 aliphatic heterocycles. The summed E-state index contributed by atoms with van der Waals surface area (Å²) < 4.78 is 0. The van der Waals surface area contributed by atoms with E-state index in [1.165, 1.54) is 0 Å². The van der Waals surface area contributed by atoms with E-state index in [0.29, 0.717) is 6.42 Å². The van der Waals surface area contributed by atoms with Crippen LogP contribution in [0.1, 0.15) is 12.0 Å². The number of para-hydroxylation sites is 1. The molecule has 18 heavy (non-hydrogen) atoms. The van der Waals surface area contributed by atoms with Gasteiger partial charge in [0.25, 0.3) is 0 Å². The molecule has 0 fully saturated rings. The van der Waals surface area contributed by atoms with Gasteiger partial charge in [0.1, 0.15) is 0 Å². The van der Waals surface area contributed by atoms with Crippen molar-refractivity contribution in [1.29, 1.82) is 0 Å². The average molecular weight is 239 g/mol. The number of anilines is 1. The van der Waals surface area contributed by atoms with Crippen LogP contribution in [0.4, 0.5) is 5.69 Å². The fourth-order valence-corrected chi connectivity index (χ4v) is 2.63. The maximum atomic E-state index is 12.1. The number of ketones is 1. The third-order valence-corrected chi connectivity index (χ3v) is 3.67. The van der Waals surface area contributed by atoms with Crippen molar-refractivity contribution < 1.29 is 9.59 Å². The molecule has 0 radical (unpaired) electrons. The molecule has 0 N–H and O–H groups in total. The van der Waals surface area contributed by atoms with Gasteiger partial charge in [0.15, 0.2) is 5.78 Å². The Morgan fingerprint density at radius 2 is 1.78 bits per heavy atom. The number of rotatable bonds is 0. The van der Waals surface area contributed by atoms with Crippen LogP contribution in [-0.2, 0) is 15.0 Å². The van der Waals surface area contributed by atoms with Crippen molar-refractivity contribution in [3.63, 3.8) is 0 Å². The minimum Gasteiger partial charge on any atom is -0.315 e. The van der Waals surface area contributed by atoms with Gasteiger partial charge in [-0.15, -0.1) is 0 Å². The van der Waals surface area contributed by atoms with E-state index in [4.69, 9.17) is 0 Å². The first-order valence-electron chi connectivity index (χ1n) is 5.91. The van der Waals surface area contributed by atoms with Gasteiger partial charge in [-0.05, 0) is 23.8 Å². The van der Waals surface area contributed by atoms with Gasteiger partial charge in [0, 0.05) is 24.6 Å². The maximum absolute atomic E-state index is 12.1. The SMILES string of the molecule is CN1C(=O)CC2(C=CC(=O)C=C2)c2ccccc21. The van der Waals surface area contributed by atoms with Gasteiger partial charge in [0.05, 0.1) is 0 Å². The lowest BCUT2D eigenvalue weighted by Gasteiger charge is -2.38. The molecule has 1 aromatic rings. The summed E-state index contributed by atoms with van der Waals surface area (Å²) >= 11 is 0. The summed E-state index contributed by atoms with van der Waals surface area (Å²) in [6, 6.07) is 7.83. The molecule has 3 rings (SSSR count). The number of amides is 1. The Bertz CT molecular complexity index is 582. The van der Waals surface area contributed by atoms with Gasteiger partial charge < -0.3 is 4.90 Å². The topological polar surface area (TPSA) is 37.4 Å². The van der Waals surface area contributed by atoms with Crippen molar-refractivity contribution in [3.8, 4) is 0 Å². The quantitative estimate of drug-likeness (QED) is 0.694. The first-order valence-corrected chi connectivity index (χ1v) is 5.91. The van der Waals surface area contributed by atoms with Gasteiger partial charge in [-0.1, -0.05) is 30.4 Å². The zero-order chi connectivity index (χ0) is 12.8. The second-order valence-corrected chi connectivity index (χ2v) is 4.76. The van der Waals surface area contributed by atoms with E-state index in [2.05, 4.69) is 0 Å². The van der Waals surface area contributed by atoms with Crippen molar-refractivity contribution >= 4 is 17.4 Å². The third kappa shape index (κ3) is 1.44. The van der Waals surface area contributed by atoms with Crippen molar-refractivity contribution in [2.24, 2.45) is 0 Å². The maximum Gasteiger partial charge on any atom is 0.228 e. The normalized spacial score (nSPS) is 20.4. The van der Waals surface area contributed by atoms with Crippen LogP contribution in [0.5, 0.6) is 0 Å². The van der Waals surface area contributed by atoms with Crippen LogP contribution in [0.2, 0.25) is 0 Å². The average Bonchev–Trinajstić information content (AvgIpc) is 2.40. The largest absolute Gasteiger partial charge is 0.315 e. The smallest absolute Gasteiger partial charge is 0.228 e. The van der Waals surface area contributed by atoms with Crippen LogP contribution in [0.25, 0.3) is 0 Å². The van der Waals surface area contributed by atoms with Crippen LogP contribution < -0.4 is 4.90 Å². The summed E-state index contributed by atoms with van der Waals surface area (Å²) in [7, 11) is 1.79. The predicted octanol–water partition coefficient (Wildman–Crippen LogP) is 1.99. The number of carbonyl (C=O) groups excluding carboxylic acids is 2. The van der Waals surface area contributed by atoms with E-state index >= 15 is 0 Å². The highest BCUT2D eigenvalue weighted by Gasteiger charge is 2.39. The predicted molar refractivity (Wildman–Crippen MR) is 69.4 cm³/mol. The Kier molecular flexibility index (Phi) is 2.23. The molecule has 3 heteroatoms. The van der Waals surface area contributed by atoms with Gasteiger partial charge in [-0.3, -0.25) is 9.59 Å². The molecular formula is C15H13NO2. The van der Waals surface area contributed by atoms with Crippen molar-refractivity contribution in [3.05, 3.63) is 54.1 Å². The molecule has 1 spiro atoms. The number of nitrogens with zero attached hydrogens (tertiary/aromatic N) is 1. The minimum atomic E-state index is -0.450. The first kappa shape index (κ1) is 11.0. The second-order valence-electron chi connectivity index (χ2n) is 4.76. The number of carbonyl (C=O) groups is 2. The molecule has 90 valence electrons. The lowest BCUT2D eigenvalue weighted by Crippen LogP contribution is -2.41. The number of hydrogen-bond donors (Lipinski definition) is 0. The molecule has 3 nitrogen and oxygen atoms in total. The Balaban J connectivity index is 2.21. The van der Waals surface area contributed by atoms with Crippen LogP contribution in [0.15, 0.2) is 48.6 Å². The van der Waals surface area contributed by atoms with Gasteiger partial charge >= 0.3 is 0 Å². The van der Waals surface area contributed by atoms with Crippen LogP contribution in [-0.4, -0.2) is 18.7 Å². The van der Waals surface area contributed by atoms with Crippen LogP contribution in [0.3, 0.4) is 0 Å². The summed E-state index contributed by atoms with van der Waals surface area (Å²) in [6.45, 7) is 0. The van der Waals surface area contributed by atoms with E-state index in [0.717, 1.165) is 11.3 Å². The monoisotopic (exact) mass is 239 g/mol. The summed E-state index contributed by atoms with van der Waals surface area (Å²) in [5.74, 6) is 0.0434.